The Labute approximate surface area is 224 Å². The number of rotatable bonds is 15. The Kier molecular flexibility index (Phi) is 11.5. The second-order valence-corrected chi connectivity index (χ2v) is 11.5. The fraction of sp³-hybridized carbons (Fsp3) is 0.562. The van der Waals surface area contributed by atoms with E-state index in [1.807, 2.05) is 0 Å². The lowest BCUT2D eigenvalue weighted by Gasteiger charge is -2.41. The molecule has 2 nitrogen and oxygen atoms in total. The summed E-state index contributed by atoms with van der Waals surface area (Å²) in [5, 5.41) is 0. The maximum atomic E-state index is 6.39. The summed E-state index contributed by atoms with van der Waals surface area (Å²) < 4.78 is 12.8. The molecule has 2 aliphatic rings. The highest BCUT2D eigenvalue weighted by Crippen LogP contribution is 2.48. The van der Waals surface area contributed by atoms with Gasteiger partial charge in [-0.1, -0.05) is 136 Å². The Morgan fingerprint density at radius 1 is 0.778 bits per heavy atom. The van der Waals surface area contributed by atoms with Crippen molar-refractivity contribution in [2.45, 2.75) is 89.0 Å². The van der Waals surface area contributed by atoms with Gasteiger partial charge < -0.3 is 9.47 Å². The van der Waals surface area contributed by atoms with Crippen LogP contribution in [0, 0.1) is 5.41 Å². The third-order valence-corrected chi connectivity index (χ3v) is 8.78. The summed E-state index contributed by atoms with van der Waals surface area (Å²) in [7, 11) is 0. The number of fused-ring (bicyclic) bond motifs is 2. The molecule has 0 radical (unpaired) electrons. The van der Waals surface area contributed by atoms with Crippen LogP contribution in [0.4, 0.5) is 0 Å². The zero-order valence-electron chi connectivity index (χ0n) is 22.0. The van der Waals surface area contributed by atoms with E-state index in [-0.39, 0.29) is 5.41 Å². The smallest absolute Gasteiger partial charge is 0.146 e. The quantitative estimate of drug-likeness (QED) is 0.136. The van der Waals surface area contributed by atoms with E-state index in [0.717, 1.165) is 31.2 Å². The zero-order valence-corrected chi connectivity index (χ0v) is 22.7. The maximum Gasteiger partial charge on any atom is 0.146 e. The summed E-state index contributed by atoms with van der Waals surface area (Å²) in [5.41, 5.74) is 2.42. The molecule has 0 aromatic heterocycles. The van der Waals surface area contributed by atoms with Crippen molar-refractivity contribution in [3.8, 4) is 0 Å². The average Bonchev–Trinajstić information content (AvgIpc) is 2.90. The monoisotopic (exact) mass is 506 g/mol. The van der Waals surface area contributed by atoms with Gasteiger partial charge in [0.05, 0.1) is 26.4 Å². The van der Waals surface area contributed by atoms with Crippen LogP contribution in [0.25, 0.3) is 0 Å². The van der Waals surface area contributed by atoms with Gasteiger partial charge in [0, 0.05) is 11.3 Å². The van der Waals surface area contributed by atoms with Gasteiger partial charge in [-0.25, -0.2) is 0 Å². The predicted octanol–water partition coefficient (Wildman–Crippen LogP) is 8.97. The van der Waals surface area contributed by atoms with Gasteiger partial charge in [0.15, 0.2) is 0 Å². The van der Waals surface area contributed by atoms with Crippen LogP contribution in [0.5, 0.6) is 0 Å². The Bertz CT molecular complexity index is 820. The first-order valence-electron chi connectivity index (χ1n) is 14.2. The lowest BCUT2D eigenvalue weighted by Crippen LogP contribution is -2.36. The van der Waals surface area contributed by atoms with Crippen LogP contribution in [0.3, 0.4) is 0 Å². The molecule has 0 N–H and O–H groups in total. The van der Waals surface area contributed by atoms with Gasteiger partial charge in [-0.05, 0) is 24.0 Å². The van der Waals surface area contributed by atoms with Gasteiger partial charge in [0.1, 0.15) is 6.71 Å². The van der Waals surface area contributed by atoms with Crippen LogP contribution >= 0.6 is 11.6 Å². The molecule has 0 atom stereocenters. The second-order valence-electron chi connectivity index (χ2n) is 11.2. The molecule has 0 aliphatic carbocycles. The fourth-order valence-corrected chi connectivity index (χ4v) is 6.85. The molecule has 0 amide bonds. The van der Waals surface area contributed by atoms with E-state index >= 15 is 0 Å². The van der Waals surface area contributed by atoms with Crippen molar-refractivity contribution < 1.29 is 9.47 Å². The van der Waals surface area contributed by atoms with Gasteiger partial charge in [0.25, 0.3) is 0 Å². The molecule has 0 spiro atoms. The summed E-state index contributed by atoms with van der Waals surface area (Å²) in [6, 6.07) is 21.0. The van der Waals surface area contributed by atoms with Crippen molar-refractivity contribution in [2.75, 3.05) is 19.1 Å². The minimum absolute atomic E-state index is 0.0318. The number of hydrogen-bond acceptors (Lipinski definition) is 2. The molecule has 2 aliphatic heterocycles. The minimum Gasteiger partial charge on any atom is -0.376 e. The van der Waals surface area contributed by atoms with Gasteiger partial charge in [-0.15, -0.1) is 11.6 Å². The highest BCUT2D eigenvalue weighted by Gasteiger charge is 2.39. The Hall–Kier alpha value is -1.55. The van der Waals surface area contributed by atoms with Crippen LogP contribution in [-0.4, -0.2) is 25.8 Å². The van der Waals surface area contributed by atoms with E-state index < -0.39 is 0 Å². The Balaban J connectivity index is 1.41. The van der Waals surface area contributed by atoms with Crippen LogP contribution in [0.1, 0.15) is 68.9 Å². The molecule has 0 saturated carbocycles. The van der Waals surface area contributed by atoms with E-state index in [1.165, 1.54) is 62.4 Å². The summed E-state index contributed by atoms with van der Waals surface area (Å²) in [6.45, 7) is 3.65. The molecule has 2 saturated heterocycles. The average molecular weight is 507 g/mol. The van der Waals surface area contributed by atoms with Crippen molar-refractivity contribution in [3.05, 3.63) is 83.9 Å². The number of hydrogen-bond donors (Lipinski definition) is 0. The third kappa shape index (κ3) is 8.50. The molecular formula is C32H44BClO2. The number of halogens is 1. The molecule has 194 valence electrons. The molecule has 2 aromatic rings. The summed E-state index contributed by atoms with van der Waals surface area (Å²) in [5.74, 6) is 2.51. The van der Waals surface area contributed by atoms with E-state index in [4.69, 9.17) is 21.1 Å². The Morgan fingerprint density at radius 2 is 1.31 bits per heavy atom. The zero-order chi connectivity index (χ0) is 24.9. The second kappa shape index (κ2) is 15.0. The highest BCUT2D eigenvalue weighted by atomic mass is 35.5. The number of allylic oxidation sites excluding steroid dienone is 2. The summed E-state index contributed by atoms with van der Waals surface area (Å²) in [6.07, 6.45) is 17.8. The standard InChI is InChI=1S/C32H44BClO2/c34-23-8-7-20-32(26-35-24-28-12-3-1-4-13-28,27-36-25-29-14-5-2-6-15-29)21-11-22-33-30-16-9-17-31(33)19-10-18-30/h1-8,12-15,30-31H,9-11,16-27H2/b8-7-. The van der Waals surface area contributed by atoms with E-state index in [0.29, 0.717) is 32.3 Å². The molecule has 2 aromatic carbocycles. The molecule has 36 heavy (non-hydrogen) atoms. The lowest BCUT2D eigenvalue weighted by atomic mass is 9.25. The van der Waals surface area contributed by atoms with Crippen molar-refractivity contribution in [1.29, 1.82) is 0 Å². The molecule has 2 bridgehead atoms. The fourth-order valence-electron chi connectivity index (χ4n) is 6.72. The van der Waals surface area contributed by atoms with E-state index in [2.05, 4.69) is 72.8 Å². The van der Waals surface area contributed by atoms with Crippen LogP contribution in [-0.2, 0) is 22.7 Å². The third-order valence-electron chi connectivity index (χ3n) is 8.60. The molecule has 4 heteroatoms. The molecule has 2 fully saturated rings. The molecule has 2 heterocycles. The van der Waals surface area contributed by atoms with Gasteiger partial charge in [-0.2, -0.15) is 0 Å². The normalized spacial score (nSPS) is 20.2. The topological polar surface area (TPSA) is 18.5 Å². The van der Waals surface area contributed by atoms with Gasteiger partial charge in [-0.3, -0.25) is 0 Å². The van der Waals surface area contributed by atoms with Crippen LogP contribution in [0.15, 0.2) is 72.8 Å². The highest BCUT2D eigenvalue weighted by molar-refractivity contribution is 6.62. The predicted molar refractivity (Wildman–Crippen MR) is 154 cm³/mol. The first kappa shape index (κ1) is 27.5. The summed E-state index contributed by atoms with van der Waals surface area (Å²) in [4.78, 5) is 0. The van der Waals surface area contributed by atoms with Crippen molar-refractivity contribution in [2.24, 2.45) is 5.41 Å². The van der Waals surface area contributed by atoms with Crippen molar-refractivity contribution >= 4 is 18.3 Å². The maximum absolute atomic E-state index is 6.39. The molecule has 4 rings (SSSR count). The van der Waals surface area contributed by atoms with E-state index in [1.54, 1.807) is 0 Å². The lowest BCUT2D eigenvalue weighted by molar-refractivity contribution is -0.0366. The number of benzene rings is 2. The number of ether oxygens (including phenoxy) is 2. The minimum atomic E-state index is -0.0318. The van der Waals surface area contributed by atoms with Gasteiger partial charge >= 0.3 is 0 Å². The summed E-state index contributed by atoms with van der Waals surface area (Å²) >= 11 is 6.01. The van der Waals surface area contributed by atoms with Crippen molar-refractivity contribution in [3.63, 3.8) is 0 Å². The molecule has 0 unspecified atom stereocenters. The van der Waals surface area contributed by atoms with E-state index in [9.17, 15) is 0 Å². The van der Waals surface area contributed by atoms with Gasteiger partial charge in [0.2, 0.25) is 0 Å². The van der Waals surface area contributed by atoms with Crippen LogP contribution < -0.4 is 0 Å². The first-order chi connectivity index (χ1) is 17.8. The molecular weight excluding hydrogens is 463 g/mol. The largest absolute Gasteiger partial charge is 0.376 e. The SMILES string of the molecule is ClC/C=C\CC(CCCB1C2CCCC1CCC2)(COCc1ccccc1)COCc1ccccc1. The Morgan fingerprint density at radius 3 is 1.81 bits per heavy atom. The number of alkyl halides is 1. The van der Waals surface area contributed by atoms with Crippen molar-refractivity contribution in [1.82, 2.24) is 0 Å². The first-order valence-corrected chi connectivity index (χ1v) is 14.8. The van der Waals surface area contributed by atoms with Crippen LogP contribution in [0.2, 0.25) is 18.0 Å².